The van der Waals surface area contributed by atoms with Crippen LogP contribution in [0.1, 0.15) is 44.5 Å². The van der Waals surface area contributed by atoms with Gasteiger partial charge >= 0.3 is 0 Å². The molecule has 4 aromatic carbocycles. The summed E-state index contributed by atoms with van der Waals surface area (Å²) >= 11 is 0. The van der Waals surface area contributed by atoms with E-state index in [0.29, 0.717) is 44.5 Å². The van der Waals surface area contributed by atoms with E-state index in [2.05, 4.69) is 19.6 Å². The average molecular weight is 705 g/mol. The third-order valence-corrected chi connectivity index (χ3v) is 10.4. The molecule has 0 saturated carbocycles. The molecule has 0 atom stereocenters. The van der Waals surface area contributed by atoms with Gasteiger partial charge in [0.1, 0.15) is 0 Å². The Morgan fingerprint density at radius 2 is 0.481 bits per heavy atom. The number of anilines is 4. The van der Waals surface area contributed by atoms with Crippen LogP contribution in [-0.2, 0) is 25.7 Å². The van der Waals surface area contributed by atoms with Crippen molar-refractivity contribution < 1.29 is 19.7 Å². The van der Waals surface area contributed by atoms with Gasteiger partial charge in [-0.25, -0.2) is 0 Å². The standard InChI is InChI=1S/C36H32N8O8/c45-41(46)29-13-21-9-23-15-30(42(47)48)17-25(34(23)38-3-4-38)11-27-19-32(44(51)52)20-28(36(27)40-7-8-40)12-26-18-31(43(49)50)16-24(35(26)39-5-6-39)10-22(14-29)33(21)37-1-2-37/h13-20H,1-12H2. The van der Waals surface area contributed by atoms with Crippen molar-refractivity contribution in [3.8, 4) is 0 Å². The van der Waals surface area contributed by atoms with E-state index in [1.807, 2.05) is 0 Å². The Labute approximate surface area is 296 Å². The lowest BCUT2D eigenvalue weighted by Crippen LogP contribution is -2.12. The lowest BCUT2D eigenvalue weighted by atomic mass is 9.88. The zero-order chi connectivity index (χ0) is 36.0. The summed E-state index contributed by atoms with van der Waals surface area (Å²) in [7, 11) is 0. The molecule has 4 heterocycles. The highest BCUT2D eigenvalue weighted by molar-refractivity contribution is 5.77. The number of benzene rings is 4. The highest BCUT2D eigenvalue weighted by atomic mass is 16.6. The van der Waals surface area contributed by atoms with Crippen molar-refractivity contribution in [3.63, 3.8) is 0 Å². The van der Waals surface area contributed by atoms with Crippen LogP contribution in [0.2, 0.25) is 0 Å². The maximum atomic E-state index is 12.4. The SMILES string of the molecule is O=[N+]([O-])c1cc2c(N3CC3)c(c1)Cc1cc([N+](=O)[O-])cc(c1N1CC1)Cc1cc([N+](=O)[O-])cc(c1N1CC1)Cc1cc([N+](=O)[O-])cc(c1N1CC1)C2. The molecule has 4 fully saturated rings. The number of hydrogen-bond donors (Lipinski definition) is 0. The Bertz CT molecular complexity index is 1870. The Balaban J connectivity index is 1.37. The summed E-state index contributed by atoms with van der Waals surface area (Å²) in [6, 6.07) is 12.3. The Kier molecular flexibility index (Phi) is 7.07. The summed E-state index contributed by atoms with van der Waals surface area (Å²) in [6.07, 6.45) is 0.664. The van der Waals surface area contributed by atoms with Gasteiger partial charge in [0.15, 0.2) is 0 Å². The predicted molar refractivity (Wildman–Crippen MR) is 192 cm³/mol. The normalized spacial score (nSPS) is 16.8. The molecule has 4 aromatic rings. The summed E-state index contributed by atoms with van der Waals surface area (Å²) in [6.45, 7) is 5.80. The summed E-state index contributed by atoms with van der Waals surface area (Å²) in [5.74, 6) is 0. The smallest absolute Gasteiger partial charge is 0.270 e. The van der Waals surface area contributed by atoms with Gasteiger partial charge in [0, 0.05) is 149 Å². The Morgan fingerprint density at radius 1 is 0.327 bits per heavy atom. The van der Waals surface area contributed by atoms with Crippen LogP contribution in [0, 0.1) is 40.5 Å². The van der Waals surface area contributed by atoms with Gasteiger partial charge in [0.05, 0.1) is 19.7 Å². The summed E-state index contributed by atoms with van der Waals surface area (Å²) in [4.78, 5) is 56.3. The summed E-state index contributed by atoms with van der Waals surface area (Å²) in [5, 5.41) is 49.7. The fraction of sp³-hybridized carbons (Fsp3) is 0.333. The third kappa shape index (κ3) is 5.75. The van der Waals surface area contributed by atoms with Gasteiger partial charge in [0.2, 0.25) is 0 Å². The van der Waals surface area contributed by atoms with Crippen molar-refractivity contribution in [1.82, 2.24) is 0 Å². The fourth-order valence-electron chi connectivity index (χ4n) is 8.01. The van der Waals surface area contributed by atoms with Crippen molar-refractivity contribution in [2.24, 2.45) is 0 Å². The molecule has 8 bridgehead atoms. The molecule has 264 valence electrons. The predicted octanol–water partition coefficient (Wildman–Crippen LogP) is 5.28. The first-order valence-corrected chi connectivity index (χ1v) is 17.2. The molecule has 52 heavy (non-hydrogen) atoms. The third-order valence-electron chi connectivity index (χ3n) is 10.4. The molecular formula is C36H32N8O8. The fourth-order valence-corrected chi connectivity index (χ4v) is 8.01. The van der Waals surface area contributed by atoms with Gasteiger partial charge in [-0.1, -0.05) is 0 Å². The molecule has 16 heteroatoms. The molecule has 0 unspecified atom stereocenters. The first-order valence-electron chi connectivity index (χ1n) is 17.2. The minimum atomic E-state index is -0.445. The van der Waals surface area contributed by atoms with Gasteiger partial charge in [-0.2, -0.15) is 0 Å². The molecule has 5 aliphatic rings. The van der Waals surface area contributed by atoms with Crippen LogP contribution in [0.15, 0.2) is 48.5 Å². The Morgan fingerprint density at radius 3 is 0.596 bits per heavy atom. The second-order valence-electron chi connectivity index (χ2n) is 14.1. The molecule has 16 nitrogen and oxygen atoms in total. The van der Waals surface area contributed by atoms with Crippen LogP contribution in [0.3, 0.4) is 0 Å². The van der Waals surface area contributed by atoms with Crippen LogP contribution < -0.4 is 19.6 Å². The minimum Gasteiger partial charge on any atom is -0.368 e. The van der Waals surface area contributed by atoms with E-state index in [9.17, 15) is 40.5 Å². The van der Waals surface area contributed by atoms with Crippen molar-refractivity contribution in [2.45, 2.75) is 25.7 Å². The largest absolute Gasteiger partial charge is 0.368 e. The van der Waals surface area contributed by atoms with Crippen LogP contribution in [0.25, 0.3) is 0 Å². The van der Waals surface area contributed by atoms with Gasteiger partial charge in [-0.3, -0.25) is 40.5 Å². The number of rotatable bonds is 8. The minimum absolute atomic E-state index is 0.125. The van der Waals surface area contributed by atoms with Crippen LogP contribution in [-0.4, -0.2) is 72.1 Å². The van der Waals surface area contributed by atoms with Crippen molar-refractivity contribution in [1.29, 1.82) is 0 Å². The number of nitro groups is 4. The molecule has 1 aliphatic carbocycles. The number of nitro benzene ring substituents is 4. The first-order chi connectivity index (χ1) is 25.0. The van der Waals surface area contributed by atoms with Crippen molar-refractivity contribution >= 4 is 45.5 Å². The number of nitrogens with zero attached hydrogens (tertiary/aromatic N) is 8. The molecule has 0 aromatic heterocycles. The molecule has 4 aliphatic heterocycles. The lowest BCUT2D eigenvalue weighted by molar-refractivity contribution is -0.385. The lowest BCUT2D eigenvalue weighted by Gasteiger charge is -2.24. The van der Waals surface area contributed by atoms with Gasteiger partial charge in [-0.15, -0.1) is 0 Å². The second-order valence-corrected chi connectivity index (χ2v) is 14.1. The first kappa shape index (κ1) is 31.6. The maximum absolute atomic E-state index is 12.4. The maximum Gasteiger partial charge on any atom is 0.270 e. The van der Waals surface area contributed by atoms with E-state index >= 15 is 0 Å². The molecule has 9 rings (SSSR count). The number of non-ortho nitro benzene ring substituents is 4. The van der Waals surface area contributed by atoms with Gasteiger partial charge in [0.25, 0.3) is 22.7 Å². The van der Waals surface area contributed by atoms with E-state index in [1.165, 1.54) is 0 Å². The van der Waals surface area contributed by atoms with E-state index in [4.69, 9.17) is 0 Å². The summed E-state index contributed by atoms with van der Waals surface area (Å²) in [5.41, 5.74) is 7.86. The molecule has 0 radical (unpaired) electrons. The van der Waals surface area contributed by atoms with Crippen LogP contribution in [0.4, 0.5) is 45.5 Å². The van der Waals surface area contributed by atoms with E-state index < -0.39 is 19.7 Å². The molecule has 0 N–H and O–H groups in total. The quantitative estimate of drug-likeness (QED) is 0.116. The number of hydrogen-bond acceptors (Lipinski definition) is 12. The van der Waals surface area contributed by atoms with Gasteiger partial charge < -0.3 is 19.6 Å². The number of fused-ring (bicyclic) bond motifs is 8. The highest BCUT2D eigenvalue weighted by Gasteiger charge is 2.35. The zero-order valence-corrected chi connectivity index (χ0v) is 27.9. The van der Waals surface area contributed by atoms with E-state index in [0.717, 1.165) is 75.1 Å². The van der Waals surface area contributed by atoms with Gasteiger partial charge in [-0.05, 0) is 44.5 Å². The van der Waals surface area contributed by atoms with Crippen molar-refractivity contribution in [2.75, 3.05) is 72.0 Å². The zero-order valence-electron chi connectivity index (χ0n) is 27.9. The summed E-state index contributed by atoms with van der Waals surface area (Å²) < 4.78 is 0. The van der Waals surface area contributed by atoms with E-state index in [-0.39, 0.29) is 48.4 Å². The highest BCUT2D eigenvalue weighted by Crippen LogP contribution is 2.46. The second kappa shape index (κ2) is 11.6. The Hall–Kier alpha value is -6.32. The van der Waals surface area contributed by atoms with Crippen LogP contribution >= 0.6 is 0 Å². The molecule has 0 spiro atoms. The monoisotopic (exact) mass is 704 g/mol. The molecule has 4 saturated heterocycles. The van der Waals surface area contributed by atoms with E-state index in [1.54, 1.807) is 48.5 Å². The average Bonchev–Trinajstić information content (AvgIpc) is 3.90. The van der Waals surface area contributed by atoms with Crippen molar-refractivity contribution in [3.05, 3.63) is 133 Å². The topological polar surface area (TPSA) is 185 Å². The molecule has 0 amide bonds. The molecular weight excluding hydrogens is 672 g/mol. The van der Waals surface area contributed by atoms with Crippen LogP contribution in [0.5, 0.6) is 0 Å².